The van der Waals surface area contributed by atoms with Crippen molar-refractivity contribution in [3.8, 4) is 0 Å². The van der Waals surface area contributed by atoms with E-state index in [1.807, 2.05) is 0 Å². The zero-order chi connectivity index (χ0) is 23.5. The van der Waals surface area contributed by atoms with Crippen molar-refractivity contribution in [2.75, 3.05) is 13.1 Å². The largest absolute Gasteiger partial charge is 0.316 e. The molecule has 2 rings (SSSR count). The normalized spacial score (nSPS) is 12.2. The number of hydrogen-bond donors (Lipinski definition) is 0. The third-order valence-corrected chi connectivity index (χ3v) is 6.47. The first-order valence-corrected chi connectivity index (χ1v) is 13.5. The first-order valence-electron chi connectivity index (χ1n) is 13.5. The van der Waals surface area contributed by atoms with Gasteiger partial charge in [0, 0.05) is 11.1 Å². The molecule has 33 heavy (non-hydrogen) atoms. The third kappa shape index (κ3) is 12.1. The van der Waals surface area contributed by atoms with Gasteiger partial charge in [-0.1, -0.05) is 112 Å². The number of allylic oxidation sites excluding steroid dienone is 4. The average molecular weight is 447 g/mol. The van der Waals surface area contributed by atoms with E-state index in [0.717, 1.165) is 13.1 Å². The van der Waals surface area contributed by atoms with Crippen LogP contribution in [-0.2, 0) is 13.1 Å². The molecule has 1 nitrogen and oxygen atoms in total. The summed E-state index contributed by atoms with van der Waals surface area (Å²) in [5, 5.41) is 0. The monoisotopic (exact) mass is 446 g/mol. The van der Waals surface area contributed by atoms with Gasteiger partial charge in [0.1, 0.15) is 13.1 Å². The SMILES string of the molecule is CCC/C=C/CCCC[N+](CCCC/C=C/CCC)(Cc1ccccc1)Cc1ccccc1. The molecule has 180 valence electrons. The summed E-state index contributed by atoms with van der Waals surface area (Å²) in [6.45, 7) is 9.29. The summed E-state index contributed by atoms with van der Waals surface area (Å²) in [5.74, 6) is 0. The van der Waals surface area contributed by atoms with Crippen LogP contribution in [0.15, 0.2) is 85.0 Å². The van der Waals surface area contributed by atoms with Crippen LogP contribution in [0.25, 0.3) is 0 Å². The lowest BCUT2D eigenvalue weighted by molar-refractivity contribution is -0.954. The molecule has 0 radical (unpaired) electrons. The fraction of sp³-hybridized carbons (Fsp3) is 0.500. The minimum absolute atomic E-state index is 1.13. The molecule has 1 heteroatoms. The van der Waals surface area contributed by atoms with E-state index in [-0.39, 0.29) is 0 Å². The van der Waals surface area contributed by atoms with Gasteiger partial charge in [0.25, 0.3) is 0 Å². The van der Waals surface area contributed by atoms with Crippen molar-refractivity contribution in [3.63, 3.8) is 0 Å². The van der Waals surface area contributed by atoms with Gasteiger partial charge in [0.15, 0.2) is 0 Å². The Kier molecular flexibility index (Phi) is 14.3. The highest BCUT2D eigenvalue weighted by molar-refractivity contribution is 5.15. The number of unbranched alkanes of at least 4 members (excludes halogenated alkanes) is 6. The van der Waals surface area contributed by atoms with Crippen molar-refractivity contribution < 1.29 is 4.48 Å². The fourth-order valence-electron chi connectivity index (χ4n) is 4.65. The molecule has 0 saturated carbocycles. The Hall–Kier alpha value is -2.12. The Labute approximate surface area is 204 Å². The second-order valence-electron chi connectivity index (χ2n) is 9.59. The average Bonchev–Trinajstić information content (AvgIpc) is 2.84. The van der Waals surface area contributed by atoms with E-state index in [1.54, 1.807) is 0 Å². The van der Waals surface area contributed by atoms with Gasteiger partial charge in [0.05, 0.1) is 13.1 Å². The highest BCUT2D eigenvalue weighted by Gasteiger charge is 2.27. The highest BCUT2D eigenvalue weighted by Crippen LogP contribution is 2.23. The van der Waals surface area contributed by atoms with Crippen molar-refractivity contribution in [1.82, 2.24) is 0 Å². The highest BCUT2D eigenvalue weighted by atomic mass is 15.3. The van der Waals surface area contributed by atoms with E-state index in [1.165, 1.54) is 92.9 Å². The van der Waals surface area contributed by atoms with Crippen LogP contribution in [0.5, 0.6) is 0 Å². The summed E-state index contributed by atoms with van der Waals surface area (Å²) in [5.41, 5.74) is 2.94. The molecule has 0 fully saturated rings. The zero-order valence-electron chi connectivity index (χ0n) is 21.4. The molecular weight excluding hydrogens is 398 g/mol. The maximum absolute atomic E-state index is 2.40. The molecular formula is C32H48N+. The van der Waals surface area contributed by atoms with Gasteiger partial charge in [-0.25, -0.2) is 0 Å². The van der Waals surface area contributed by atoms with E-state index in [4.69, 9.17) is 0 Å². The molecule has 0 N–H and O–H groups in total. The van der Waals surface area contributed by atoms with Crippen LogP contribution in [-0.4, -0.2) is 17.6 Å². The number of rotatable bonds is 18. The van der Waals surface area contributed by atoms with Crippen molar-refractivity contribution in [1.29, 1.82) is 0 Å². The van der Waals surface area contributed by atoms with Crippen LogP contribution in [0.1, 0.15) is 89.2 Å². The molecule has 0 aliphatic heterocycles. The molecule has 0 spiro atoms. The van der Waals surface area contributed by atoms with Gasteiger partial charge in [-0.3, -0.25) is 0 Å². The van der Waals surface area contributed by atoms with E-state index >= 15 is 0 Å². The van der Waals surface area contributed by atoms with Crippen molar-refractivity contribution >= 4 is 0 Å². The van der Waals surface area contributed by atoms with Crippen molar-refractivity contribution in [2.45, 2.75) is 91.1 Å². The van der Waals surface area contributed by atoms with Crippen LogP contribution >= 0.6 is 0 Å². The Morgan fingerprint density at radius 3 is 1.30 bits per heavy atom. The van der Waals surface area contributed by atoms with Crippen LogP contribution in [0.4, 0.5) is 0 Å². The molecule has 0 aliphatic rings. The summed E-state index contributed by atoms with van der Waals surface area (Å²) >= 11 is 0. The standard InChI is InChI=1S/C32H48N/c1-3-5-7-9-11-13-21-27-33(29-31-23-17-15-18-24-31,30-32-25-19-16-20-26-32)28-22-14-12-10-8-6-4-2/h7-10,15-20,23-26H,3-6,11-14,21-22,27-30H2,1-2H3/q+1/b9-7+,10-8+. The van der Waals surface area contributed by atoms with Crippen LogP contribution in [0, 0.1) is 0 Å². The Balaban J connectivity index is 2.08. The molecule has 0 heterocycles. The quantitative estimate of drug-likeness (QED) is 0.122. The molecule has 0 aromatic heterocycles. The summed E-state index contributed by atoms with van der Waals surface area (Å²) in [6, 6.07) is 22.3. The predicted molar refractivity (Wildman–Crippen MR) is 146 cm³/mol. The fourth-order valence-corrected chi connectivity index (χ4v) is 4.65. The van der Waals surface area contributed by atoms with Crippen LogP contribution in [0.2, 0.25) is 0 Å². The van der Waals surface area contributed by atoms with Gasteiger partial charge in [-0.15, -0.1) is 0 Å². The summed E-state index contributed by atoms with van der Waals surface area (Å²) in [7, 11) is 0. The van der Waals surface area contributed by atoms with Crippen molar-refractivity contribution in [3.05, 3.63) is 96.1 Å². The van der Waals surface area contributed by atoms with Gasteiger partial charge in [-0.05, 0) is 51.4 Å². The van der Waals surface area contributed by atoms with Crippen LogP contribution < -0.4 is 0 Å². The Morgan fingerprint density at radius 1 is 0.515 bits per heavy atom. The minimum Gasteiger partial charge on any atom is -0.316 e. The molecule has 0 atom stereocenters. The topological polar surface area (TPSA) is 0 Å². The second kappa shape index (κ2) is 17.4. The Morgan fingerprint density at radius 2 is 0.909 bits per heavy atom. The molecule has 0 saturated heterocycles. The van der Waals surface area contributed by atoms with E-state index in [9.17, 15) is 0 Å². The number of quaternary nitrogens is 1. The number of nitrogens with zero attached hydrogens (tertiary/aromatic N) is 1. The van der Waals surface area contributed by atoms with E-state index in [2.05, 4.69) is 98.8 Å². The molecule has 0 aliphatic carbocycles. The molecule has 0 unspecified atom stereocenters. The Bertz CT molecular complexity index is 692. The molecule has 0 amide bonds. The van der Waals surface area contributed by atoms with Gasteiger partial charge in [-0.2, -0.15) is 0 Å². The van der Waals surface area contributed by atoms with E-state index < -0.39 is 0 Å². The predicted octanol–water partition coefficient (Wildman–Crippen LogP) is 9.26. The van der Waals surface area contributed by atoms with Gasteiger partial charge in [0.2, 0.25) is 0 Å². The summed E-state index contributed by atoms with van der Waals surface area (Å²) in [6.07, 6.45) is 22.1. The lowest BCUT2D eigenvalue weighted by Gasteiger charge is -2.39. The van der Waals surface area contributed by atoms with Gasteiger partial charge >= 0.3 is 0 Å². The lowest BCUT2D eigenvalue weighted by atomic mass is 10.1. The third-order valence-electron chi connectivity index (χ3n) is 6.47. The minimum atomic E-state index is 1.13. The van der Waals surface area contributed by atoms with Gasteiger partial charge < -0.3 is 4.48 Å². The first kappa shape index (κ1) is 27.1. The maximum atomic E-state index is 2.40. The number of hydrogen-bond acceptors (Lipinski definition) is 0. The second-order valence-corrected chi connectivity index (χ2v) is 9.59. The zero-order valence-corrected chi connectivity index (χ0v) is 21.4. The molecule has 2 aromatic rings. The molecule has 0 bridgehead atoms. The summed E-state index contributed by atoms with van der Waals surface area (Å²) in [4.78, 5) is 0. The van der Waals surface area contributed by atoms with Crippen LogP contribution in [0.3, 0.4) is 0 Å². The smallest absolute Gasteiger partial charge is 0.105 e. The van der Waals surface area contributed by atoms with E-state index in [0.29, 0.717) is 0 Å². The number of benzene rings is 2. The van der Waals surface area contributed by atoms with Crippen molar-refractivity contribution in [2.24, 2.45) is 0 Å². The first-order chi connectivity index (χ1) is 16.3. The molecule has 2 aromatic carbocycles. The maximum Gasteiger partial charge on any atom is 0.105 e. The summed E-state index contributed by atoms with van der Waals surface area (Å²) < 4.78 is 1.17. The lowest BCUT2D eigenvalue weighted by Crippen LogP contribution is -2.48.